The number of benzene rings is 2. The Bertz CT molecular complexity index is 853. The van der Waals surface area contributed by atoms with Gasteiger partial charge in [0.05, 0.1) is 0 Å². The first-order chi connectivity index (χ1) is 11.6. The standard InChI is InChI=1S/C18H18N2O4/c1-11-12(2)15(24-18(21)19-3)9-8-14(11)22-10-17-20-13-6-4-5-7-16(13)23-17/h4-9H,10H2,1-3H3,(H,19,21). The minimum absolute atomic E-state index is 0.227. The second-order valence-electron chi connectivity index (χ2n) is 5.32. The smallest absolute Gasteiger partial charge is 0.412 e. The van der Waals surface area contributed by atoms with Crippen LogP contribution in [0.5, 0.6) is 11.5 Å². The molecule has 1 heterocycles. The third-order valence-electron chi connectivity index (χ3n) is 3.78. The Labute approximate surface area is 139 Å². The number of carbonyl (C=O) groups excluding carboxylic acids is 1. The van der Waals surface area contributed by atoms with Gasteiger partial charge in [0.1, 0.15) is 17.0 Å². The molecule has 0 aliphatic carbocycles. The van der Waals surface area contributed by atoms with Crippen molar-refractivity contribution < 1.29 is 18.7 Å². The molecule has 3 rings (SSSR count). The normalized spacial score (nSPS) is 10.6. The first-order valence-electron chi connectivity index (χ1n) is 7.55. The zero-order valence-corrected chi connectivity index (χ0v) is 13.8. The summed E-state index contributed by atoms with van der Waals surface area (Å²) in [5, 5.41) is 2.42. The number of nitrogens with one attached hydrogen (secondary N) is 1. The summed E-state index contributed by atoms with van der Waals surface area (Å²) in [6.07, 6.45) is -0.502. The molecule has 1 aromatic heterocycles. The average molecular weight is 326 g/mol. The molecule has 0 bridgehead atoms. The number of rotatable bonds is 4. The average Bonchev–Trinajstić information content (AvgIpc) is 3.01. The van der Waals surface area contributed by atoms with Gasteiger partial charge in [0.25, 0.3) is 0 Å². The highest BCUT2D eigenvalue weighted by Crippen LogP contribution is 2.30. The Hall–Kier alpha value is -3.02. The minimum Gasteiger partial charge on any atom is -0.484 e. The maximum atomic E-state index is 11.3. The maximum Gasteiger partial charge on any atom is 0.412 e. The minimum atomic E-state index is -0.502. The number of hydrogen-bond donors (Lipinski definition) is 1. The lowest BCUT2D eigenvalue weighted by atomic mass is 10.1. The Balaban J connectivity index is 1.75. The van der Waals surface area contributed by atoms with Gasteiger partial charge in [-0.2, -0.15) is 0 Å². The van der Waals surface area contributed by atoms with Crippen LogP contribution in [-0.2, 0) is 6.61 Å². The summed E-state index contributed by atoms with van der Waals surface area (Å²) >= 11 is 0. The van der Waals surface area contributed by atoms with Gasteiger partial charge in [-0.1, -0.05) is 12.1 Å². The molecular formula is C18H18N2O4. The molecule has 0 aliphatic rings. The number of fused-ring (bicyclic) bond motifs is 1. The van der Waals surface area contributed by atoms with E-state index < -0.39 is 6.09 Å². The second-order valence-corrected chi connectivity index (χ2v) is 5.32. The molecule has 0 atom stereocenters. The molecule has 3 aromatic rings. The Kier molecular flexibility index (Phi) is 4.37. The summed E-state index contributed by atoms with van der Waals surface area (Å²) < 4.78 is 16.6. The van der Waals surface area contributed by atoms with Crippen molar-refractivity contribution in [3.05, 3.63) is 53.4 Å². The third kappa shape index (κ3) is 3.17. The second kappa shape index (κ2) is 6.62. The van der Waals surface area contributed by atoms with Gasteiger partial charge in [-0.05, 0) is 49.2 Å². The van der Waals surface area contributed by atoms with Gasteiger partial charge in [-0.15, -0.1) is 0 Å². The quantitative estimate of drug-likeness (QED) is 0.790. The number of hydrogen-bond acceptors (Lipinski definition) is 5. The summed E-state index contributed by atoms with van der Waals surface area (Å²) in [7, 11) is 1.52. The van der Waals surface area contributed by atoms with E-state index in [0.29, 0.717) is 17.4 Å². The maximum absolute atomic E-state index is 11.3. The highest BCUT2D eigenvalue weighted by molar-refractivity contribution is 5.72. The van der Waals surface area contributed by atoms with Crippen LogP contribution in [0.15, 0.2) is 40.8 Å². The molecular weight excluding hydrogens is 308 g/mol. The summed E-state index contributed by atoms with van der Waals surface area (Å²) in [5.74, 6) is 1.71. The van der Waals surface area contributed by atoms with Crippen LogP contribution in [0.2, 0.25) is 0 Å². The van der Waals surface area contributed by atoms with Gasteiger partial charge in [-0.3, -0.25) is 0 Å². The number of oxazole rings is 1. The first-order valence-corrected chi connectivity index (χ1v) is 7.55. The van der Waals surface area contributed by atoms with E-state index in [2.05, 4.69) is 10.3 Å². The molecule has 0 saturated heterocycles. The van der Waals surface area contributed by atoms with Crippen molar-refractivity contribution in [2.24, 2.45) is 0 Å². The van der Waals surface area contributed by atoms with E-state index in [1.54, 1.807) is 12.1 Å². The zero-order valence-electron chi connectivity index (χ0n) is 13.8. The van der Waals surface area contributed by atoms with Gasteiger partial charge >= 0.3 is 6.09 Å². The molecule has 1 N–H and O–H groups in total. The molecule has 0 aliphatic heterocycles. The topological polar surface area (TPSA) is 73.6 Å². The van der Waals surface area contributed by atoms with Crippen LogP contribution in [0.1, 0.15) is 17.0 Å². The van der Waals surface area contributed by atoms with E-state index in [9.17, 15) is 4.79 Å². The molecule has 0 saturated carbocycles. The fourth-order valence-electron chi connectivity index (χ4n) is 2.31. The predicted molar refractivity (Wildman–Crippen MR) is 89.3 cm³/mol. The largest absolute Gasteiger partial charge is 0.484 e. The van der Waals surface area contributed by atoms with Crippen LogP contribution < -0.4 is 14.8 Å². The Morgan fingerprint density at radius 1 is 1.12 bits per heavy atom. The Morgan fingerprint density at radius 3 is 2.58 bits per heavy atom. The van der Waals surface area contributed by atoms with E-state index >= 15 is 0 Å². The fourth-order valence-corrected chi connectivity index (χ4v) is 2.31. The predicted octanol–water partition coefficient (Wildman–Crippen LogP) is 3.74. The van der Waals surface area contributed by atoms with E-state index in [1.165, 1.54) is 7.05 Å². The molecule has 24 heavy (non-hydrogen) atoms. The number of aromatic nitrogens is 1. The van der Waals surface area contributed by atoms with Gasteiger partial charge in [0.15, 0.2) is 12.2 Å². The third-order valence-corrected chi connectivity index (χ3v) is 3.78. The van der Waals surface area contributed by atoms with E-state index in [-0.39, 0.29) is 6.61 Å². The number of nitrogens with zero attached hydrogens (tertiary/aromatic N) is 1. The molecule has 0 radical (unpaired) electrons. The van der Waals surface area contributed by atoms with Crippen molar-refractivity contribution >= 4 is 17.2 Å². The van der Waals surface area contributed by atoms with E-state index in [1.807, 2.05) is 38.1 Å². The van der Waals surface area contributed by atoms with Crippen molar-refractivity contribution in [1.82, 2.24) is 10.3 Å². The molecule has 1 amide bonds. The van der Waals surface area contributed by atoms with Crippen molar-refractivity contribution in [1.29, 1.82) is 0 Å². The molecule has 6 heteroatoms. The number of amides is 1. The van der Waals surface area contributed by atoms with Gasteiger partial charge in [0, 0.05) is 7.05 Å². The van der Waals surface area contributed by atoms with Crippen molar-refractivity contribution in [2.75, 3.05) is 7.05 Å². The van der Waals surface area contributed by atoms with Gasteiger partial charge in [-0.25, -0.2) is 9.78 Å². The lowest BCUT2D eigenvalue weighted by Crippen LogP contribution is -2.22. The Morgan fingerprint density at radius 2 is 1.83 bits per heavy atom. The van der Waals surface area contributed by atoms with Crippen LogP contribution in [0.25, 0.3) is 11.1 Å². The first kappa shape index (κ1) is 15.9. The molecule has 124 valence electrons. The number of para-hydroxylation sites is 2. The van der Waals surface area contributed by atoms with Gasteiger partial charge < -0.3 is 19.2 Å². The summed E-state index contributed by atoms with van der Waals surface area (Å²) in [5.41, 5.74) is 3.28. The number of carbonyl (C=O) groups is 1. The molecule has 0 spiro atoms. The summed E-state index contributed by atoms with van der Waals surface area (Å²) in [4.78, 5) is 15.7. The highest BCUT2D eigenvalue weighted by Gasteiger charge is 2.12. The van der Waals surface area contributed by atoms with Crippen LogP contribution >= 0.6 is 0 Å². The van der Waals surface area contributed by atoms with Crippen LogP contribution in [0, 0.1) is 13.8 Å². The highest BCUT2D eigenvalue weighted by atomic mass is 16.6. The summed E-state index contributed by atoms with van der Waals surface area (Å²) in [6.45, 7) is 4.01. The van der Waals surface area contributed by atoms with Crippen molar-refractivity contribution in [3.8, 4) is 11.5 Å². The molecule has 6 nitrogen and oxygen atoms in total. The van der Waals surface area contributed by atoms with Crippen molar-refractivity contribution in [3.63, 3.8) is 0 Å². The van der Waals surface area contributed by atoms with E-state index in [4.69, 9.17) is 13.9 Å². The van der Waals surface area contributed by atoms with Crippen molar-refractivity contribution in [2.45, 2.75) is 20.5 Å². The number of ether oxygens (including phenoxy) is 2. The van der Waals surface area contributed by atoms with E-state index in [0.717, 1.165) is 22.2 Å². The van der Waals surface area contributed by atoms with Crippen LogP contribution in [0.3, 0.4) is 0 Å². The zero-order chi connectivity index (χ0) is 17.1. The van der Waals surface area contributed by atoms with Gasteiger partial charge in [0.2, 0.25) is 5.89 Å². The molecule has 2 aromatic carbocycles. The molecule has 0 fully saturated rings. The summed E-state index contributed by atoms with van der Waals surface area (Å²) in [6, 6.07) is 11.0. The lowest BCUT2D eigenvalue weighted by Gasteiger charge is -2.13. The fraction of sp³-hybridized carbons (Fsp3) is 0.222. The monoisotopic (exact) mass is 326 g/mol. The SMILES string of the molecule is CNC(=O)Oc1ccc(OCc2nc3ccccc3o2)c(C)c1C. The van der Waals surface area contributed by atoms with Crippen LogP contribution in [-0.4, -0.2) is 18.1 Å². The molecule has 0 unspecified atom stereocenters. The lowest BCUT2D eigenvalue weighted by molar-refractivity contribution is 0.202. The van der Waals surface area contributed by atoms with Crippen LogP contribution in [0.4, 0.5) is 4.79 Å².